The molecule has 0 saturated carbocycles. The predicted molar refractivity (Wildman–Crippen MR) is 105 cm³/mol. The van der Waals surface area contributed by atoms with Crippen molar-refractivity contribution in [2.75, 3.05) is 14.2 Å². The van der Waals surface area contributed by atoms with Crippen LogP contribution in [0.4, 0.5) is 0 Å². The fraction of sp³-hybridized carbons (Fsp3) is 0.286. The molecule has 0 fully saturated rings. The first-order chi connectivity index (χ1) is 12.0. The van der Waals surface area contributed by atoms with Crippen molar-refractivity contribution in [3.05, 3.63) is 66.4 Å². The molecule has 27 heavy (non-hydrogen) atoms. The van der Waals surface area contributed by atoms with Gasteiger partial charge in [0.05, 0.1) is 19.9 Å². The van der Waals surface area contributed by atoms with Crippen molar-refractivity contribution in [3.63, 3.8) is 0 Å². The maximum atomic E-state index is 11.0. The van der Waals surface area contributed by atoms with Crippen LogP contribution < -0.4 is 9.47 Å². The van der Waals surface area contributed by atoms with Gasteiger partial charge in [0.1, 0.15) is 0 Å². The van der Waals surface area contributed by atoms with Gasteiger partial charge in [-0.25, -0.2) is 5.10 Å². The van der Waals surface area contributed by atoms with Gasteiger partial charge in [-0.15, -0.1) is 0 Å². The quantitative estimate of drug-likeness (QED) is 0.355. The number of aryl methyl sites for hydroxylation is 1. The van der Waals surface area contributed by atoms with Gasteiger partial charge in [-0.05, 0) is 55.9 Å². The zero-order valence-corrected chi connectivity index (χ0v) is 21.0. The Balaban J connectivity index is 0.00000338. The molecule has 0 saturated heterocycles. The molecule has 0 aliphatic rings. The third-order valence-electron chi connectivity index (χ3n) is 3.98. The van der Waals surface area contributed by atoms with E-state index < -0.39 is 0 Å². The second-order valence-corrected chi connectivity index (χ2v) is 5.67. The summed E-state index contributed by atoms with van der Waals surface area (Å²) in [6.07, 6.45) is 6.85. The molecule has 0 bridgehead atoms. The number of methoxy groups -OCH3 is 2. The summed E-state index contributed by atoms with van der Waals surface area (Å²) in [4.78, 5) is 11.0. The molecule has 0 atom stereocenters. The topological polar surface area (TPSA) is 53.4 Å². The molecule has 1 aromatic carbocycles. The first-order valence-corrected chi connectivity index (χ1v) is 8.09. The number of nitrogens with zero attached hydrogens (tertiary/aromatic N) is 2. The smallest absolute Gasteiger partial charge is 0.493 e. The molecule has 0 spiro atoms. The van der Waals surface area contributed by atoms with Crippen LogP contribution in [0.25, 0.3) is 5.70 Å². The number of benzene rings is 1. The minimum Gasteiger partial charge on any atom is -0.493 e. The Morgan fingerprint density at radius 3 is 2.37 bits per heavy atom. The van der Waals surface area contributed by atoms with Crippen molar-refractivity contribution in [1.82, 2.24) is 9.78 Å². The zero-order chi connectivity index (χ0) is 18.4. The van der Waals surface area contributed by atoms with Crippen LogP contribution in [0.3, 0.4) is 0 Å². The summed E-state index contributed by atoms with van der Waals surface area (Å²) >= 11 is 0. The van der Waals surface area contributed by atoms with Gasteiger partial charge in [-0.1, -0.05) is 18.6 Å². The number of ether oxygens (including phenoxy) is 2. The number of carbonyl (C=O) groups excluding carboxylic acids is 1. The molecule has 2 aromatic rings. The van der Waals surface area contributed by atoms with Crippen molar-refractivity contribution in [3.8, 4) is 11.5 Å². The van der Waals surface area contributed by atoms with E-state index in [1.165, 1.54) is 5.57 Å². The van der Waals surface area contributed by atoms with E-state index in [1.807, 2.05) is 37.5 Å². The first kappa shape index (κ1) is 25.2. The molecular weight excluding hydrogens is 566 g/mol. The van der Waals surface area contributed by atoms with Gasteiger partial charge in [0.25, 0.3) is 0 Å². The summed E-state index contributed by atoms with van der Waals surface area (Å²) in [5.74, 6) is 1.29. The molecule has 0 amide bonds. The van der Waals surface area contributed by atoms with Gasteiger partial charge in [-0.2, -0.15) is 6.07 Å². The molecule has 5 nitrogen and oxygen atoms in total. The molecule has 0 aliphatic heterocycles. The largest absolute Gasteiger partial charge is 2.00 e. The third kappa shape index (κ3) is 6.12. The average Bonchev–Trinajstić information content (AvgIpc) is 3.02. The fourth-order valence-corrected chi connectivity index (χ4v) is 2.39. The van der Waals surface area contributed by atoms with E-state index in [9.17, 15) is 4.79 Å². The molecule has 142 valence electrons. The average molecular weight is 592 g/mol. The normalized spacial score (nSPS) is 11.3. The fourth-order valence-electron chi connectivity index (χ4n) is 2.39. The summed E-state index contributed by atoms with van der Waals surface area (Å²) in [7, 11) is 3.20. The van der Waals surface area contributed by atoms with E-state index in [4.69, 9.17) is 9.47 Å². The standard InChI is InChI=1S/C20H23N2O3.CH3.U/c1-6-14(2)7-9-18(22-15(3)11-17(13-23)21-22)16-8-10-19(24-4)20(12-16)25-5;;/h7-12H,6H2,1-5H3;1H3;/q2*-1;+2/b14-7?,18-9-;;. The molecule has 0 N–H and O–H groups in total. The van der Waals surface area contributed by atoms with Gasteiger partial charge >= 0.3 is 31.1 Å². The number of rotatable bonds is 7. The molecular formula is C21H26N2O3U. The summed E-state index contributed by atoms with van der Waals surface area (Å²) < 4.78 is 12.5. The van der Waals surface area contributed by atoms with Crippen LogP contribution in [0, 0.1) is 45.5 Å². The monoisotopic (exact) mass is 592 g/mol. The Morgan fingerprint density at radius 1 is 1.19 bits per heavy atom. The molecule has 0 radical (unpaired) electrons. The van der Waals surface area contributed by atoms with Gasteiger partial charge in [0.2, 0.25) is 0 Å². The SMILES string of the molecule is CCC(C)=C/C=C(/c1ccc(OC)c(OC)c1)n1nc([C-]=O)cc1C.[CH3-].[U+2]. The van der Waals surface area contributed by atoms with Crippen molar-refractivity contribution in [2.24, 2.45) is 0 Å². The summed E-state index contributed by atoms with van der Waals surface area (Å²) in [6, 6.07) is 7.39. The van der Waals surface area contributed by atoms with Crippen LogP contribution in [0.15, 0.2) is 42.0 Å². The molecule has 1 aromatic heterocycles. The van der Waals surface area contributed by atoms with Crippen molar-refractivity contribution >= 4 is 12.0 Å². The zero-order valence-electron chi connectivity index (χ0n) is 16.8. The van der Waals surface area contributed by atoms with Gasteiger partial charge in [0.15, 0.2) is 11.5 Å². The number of hydrogen-bond donors (Lipinski definition) is 0. The van der Waals surface area contributed by atoms with Crippen molar-refractivity contribution < 1.29 is 45.4 Å². The molecule has 1 heterocycles. The maximum absolute atomic E-state index is 11.0. The Kier molecular flexibility index (Phi) is 11.1. The van der Waals surface area contributed by atoms with Crippen molar-refractivity contribution in [1.29, 1.82) is 0 Å². The Labute approximate surface area is 185 Å². The number of allylic oxidation sites excluding steroid dienone is 3. The number of aromatic nitrogens is 2. The van der Waals surface area contributed by atoms with Gasteiger partial charge < -0.3 is 21.7 Å². The maximum Gasteiger partial charge on any atom is 2.00 e. The van der Waals surface area contributed by atoms with Gasteiger partial charge in [0, 0.05) is 11.8 Å². The third-order valence-corrected chi connectivity index (χ3v) is 3.98. The Morgan fingerprint density at radius 2 is 1.85 bits per heavy atom. The van der Waals surface area contributed by atoms with E-state index >= 15 is 0 Å². The molecule has 0 unspecified atom stereocenters. The summed E-state index contributed by atoms with van der Waals surface area (Å²) in [5, 5.41) is 4.33. The predicted octanol–water partition coefficient (Wildman–Crippen LogP) is 4.36. The van der Waals surface area contributed by atoms with Crippen LogP contribution in [0.5, 0.6) is 11.5 Å². The first-order valence-electron chi connectivity index (χ1n) is 8.09. The summed E-state index contributed by atoms with van der Waals surface area (Å²) in [5.41, 5.74) is 4.11. The van der Waals surface area contributed by atoms with Gasteiger partial charge in [-0.3, -0.25) is 4.68 Å². The summed E-state index contributed by atoms with van der Waals surface area (Å²) in [6.45, 7) is 6.08. The van der Waals surface area contributed by atoms with E-state index in [0.717, 1.165) is 23.4 Å². The van der Waals surface area contributed by atoms with Crippen LogP contribution in [-0.4, -0.2) is 30.3 Å². The van der Waals surface area contributed by atoms with Crippen LogP contribution in [0.1, 0.15) is 37.2 Å². The molecule has 6 heteroatoms. The van der Waals surface area contributed by atoms with E-state index in [2.05, 4.69) is 25.0 Å². The van der Waals surface area contributed by atoms with Crippen LogP contribution in [0.2, 0.25) is 0 Å². The molecule has 0 aliphatic carbocycles. The van der Waals surface area contributed by atoms with Crippen LogP contribution in [-0.2, 0) is 4.79 Å². The van der Waals surface area contributed by atoms with Crippen molar-refractivity contribution in [2.45, 2.75) is 27.2 Å². The second kappa shape index (κ2) is 11.8. The molecule has 2 rings (SSSR count). The van der Waals surface area contributed by atoms with E-state index in [-0.39, 0.29) is 44.2 Å². The Hall–Kier alpha value is -1.77. The Bertz CT molecular complexity index is 823. The minimum absolute atomic E-state index is 0. The second-order valence-electron chi connectivity index (χ2n) is 5.67. The van der Waals surface area contributed by atoms with E-state index in [0.29, 0.717) is 11.5 Å². The number of hydrogen-bond acceptors (Lipinski definition) is 4. The van der Waals surface area contributed by atoms with E-state index in [1.54, 1.807) is 25.0 Å². The minimum atomic E-state index is 0. The van der Waals surface area contributed by atoms with Crippen LogP contribution >= 0.6 is 0 Å².